The molecule has 0 bridgehead atoms. The minimum Gasteiger partial charge on any atom is -0.339 e. The van der Waals surface area contributed by atoms with E-state index in [9.17, 15) is 8.42 Å². The number of benzene rings is 1. The number of hydrogen-bond donors (Lipinski definition) is 1. The summed E-state index contributed by atoms with van der Waals surface area (Å²) in [4.78, 5) is 4.08. The first-order chi connectivity index (χ1) is 15.0. The van der Waals surface area contributed by atoms with Crippen LogP contribution < -0.4 is 5.32 Å². The van der Waals surface area contributed by atoms with Gasteiger partial charge < -0.3 is 9.88 Å². The smallest absolute Gasteiger partial charge is 0.262 e. The lowest BCUT2D eigenvalue weighted by Crippen LogP contribution is -2.36. The maximum absolute atomic E-state index is 13.2. The van der Waals surface area contributed by atoms with Crippen LogP contribution in [0.3, 0.4) is 0 Å². The Morgan fingerprint density at radius 2 is 1.90 bits per heavy atom. The maximum Gasteiger partial charge on any atom is 0.262 e. The Bertz CT molecular complexity index is 1300. The predicted molar refractivity (Wildman–Crippen MR) is 117 cm³/mol. The number of sulfonamides is 1. The third-order valence-electron chi connectivity index (χ3n) is 5.86. The molecule has 1 aromatic carbocycles. The summed E-state index contributed by atoms with van der Waals surface area (Å²) >= 11 is 0. The van der Waals surface area contributed by atoms with Crippen molar-refractivity contribution >= 4 is 15.5 Å². The third kappa shape index (κ3) is 3.76. The first kappa shape index (κ1) is 19.9. The van der Waals surface area contributed by atoms with Crippen LogP contribution in [0.1, 0.15) is 17.0 Å². The van der Waals surface area contributed by atoms with Gasteiger partial charge in [0.2, 0.25) is 0 Å². The molecular formula is C22H24N6O2S. The molecule has 1 saturated heterocycles. The molecule has 1 aliphatic rings. The molecule has 31 heavy (non-hydrogen) atoms. The van der Waals surface area contributed by atoms with Crippen molar-refractivity contribution in [3.05, 3.63) is 84.6 Å². The highest BCUT2D eigenvalue weighted by Gasteiger charge is 2.40. The lowest BCUT2D eigenvalue weighted by Gasteiger charge is -2.20. The topological polar surface area (TPSA) is 84.5 Å². The van der Waals surface area contributed by atoms with E-state index in [1.54, 1.807) is 22.1 Å². The zero-order valence-corrected chi connectivity index (χ0v) is 18.0. The molecule has 4 aromatic rings. The number of pyridine rings is 1. The van der Waals surface area contributed by atoms with Crippen LogP contribution in [0.5, 0.6) is 0 Å². The van der Waals surface area contributed by atoms with Gasteiger partial charge in [-0.15, -0.1) is 0 Å². The van der Waals surface area contributed by atoms with E-state index in [0.717, 1.165) is 16.6 Å². The number of nitrogens with zero attached hydrogens (tertiary/aromatic N) is 5. The second-order valence-corrected chi connectivity index (χ2v) is 9.79. The molecule has 160 valence electrons. The molecule has 2 unspecified atom stereocenters. The molecule has 9 heteroatoms. The Labute approximate surface area is 181 Å². The van der Waals surface area contributed by atoms with Gasteiger partial charge in [-0.25, -0.2) is 17.9 Å². The first-order valence-electron chi connectivity index (χ1n) is 10.2. The van der Waals surface area contributed by atoms with Gasteiger partial charge in [0.15, 0.2) is 5.03 Å². The molecule has 1 fully saturated rings. The van der Waals surface area contributed by atoms with Crippen LogP contribution in [0.25, 0.3) is 5.52 Å². The van der Waals surface area contributed by atoms with Gasteiger partial charge in [-0.2, -0.15) is 9.40 Å². The highest BCUT2D eigenvalue weighted by molar-refractivity contribution is 7.89. The molecule has 0 amide bonds. The number of aromatic nitrogens is 4. The highest BCUT2D eigenvalue weighted by atomic mass is 32.2. The van der Waals surface area contributed by atoms with Crippen LogP contribution >= 0.6 is 0 Å². The molecule has 0 saturated carbocycles. The standard InChI is InChI=1S/C22H24N6O2S/c1-26-15-22(24-16-26)31(29,30)27-13-19(17-7-3-2-4-8-17)20(14-27)23-11-18-12-25-28-10-6-5-9-21(18)28/h2-10,12,15-16,19-20,23H,11,13-14H2,1H3. The number of nitrogens with one attached hydrogen (secondary N) is 1. The van der Waals surface area contributed by atoms with Crippen LogP contribution in [0.15, 0.2) is 78.5 Å². The van der Waals surface area contributed by atoms with E-state index in [0.29, 0.717) is 19.6 Å². The summed E-state index contributed by atoms with van der Waals surface area (Å²) in [6, 6.07) is 16.0. The number of rotatable bonds is 6. The summed E-state index contributed by atoms with van der Waals surface area (Å²) in [5.41, 5.74) is 3.25. The molecule has 0 aliphatic carbocycles. The first-order valence-corrected chi connectivity index (χ1v) is 11.6. The van der Waals surface area contributed by atoms with Gasteiger partial charge in [-0.05, 0) is 17.7 Å². The van der Waals surface area contributed by atoms with Crippen molar-refractivity contribution in [1.82, 2.24) is 28.8 Å². The van der Waals surface area contributed by atoms with Crippen molar-refractivity contribution < 1.29 is 8.42 Å². The SMILES string of the molecule is Cn1cnc(S(=O)(=O)N2CC(NCc3cnn4ccccc34)C(c3ccccc3)C2)c1. The van der Waals surface area contributed by atoms with Crippen molar-refractivity contribution in [3.8, 4) is 0 Å². The molecule has 4 heterocycles. The van der Waals surface area contributed by atoms with Crippen LogP contribution in [-0.2, 0) is 23.6 Å². The summed E-state index contributed by atoms with van der Waals surface area (Å²) in [6.07, 6.45) is 6.84. The van der Waals surface area contributed by atoms with E-state index in [4.69, 9.17) is 0 Å². The van der Waals surface area contributed by atoms with Crippen molar-refractivity contribution in [2.45, 2.75) is 23.5 Å². The van der Waals surface area contributed by atoms with Crippen molar-refractivity contribution in [3.63, 3.8) is 0 Å². The van der Waals surface area contributed by atoms with Crippen LogP contribution in [-0.4, -0.2) is 51.0 Å². The van der Waals surface area contributed by atoms with Gasteiger partial charge >= 0.3 is 0 Å². The second kappa shape index (κ2) is 7.92. The van der Waals surface area contributed by atoms with Crippen molar-refractivity contribution in [1.29, 1.82) is 0 Å². The van der Waals surface area contributed by atoms with Gasteiger partial charge in [0.05, 0.1) is 18.0 Å². The Balaban J connectivity index is 1.41. The van der Waals surface area contributed by atoms with Gasteiger partial charge in [0, 0.05) is 56.6 Å². The number of imidazole rings is 1. The molecule has 5 rings (SSSR count). The predicted octanol–water partition coefficient (Wildman–Crippen LogP) is 2.01. The lowest BCUT2D eigenvalue weighted by molar-refractivity contribution is 0.454. The molecule has 2 atom stereocenters. The Morgan fingerprint density at radius 3 is 2.68 bits per heavy atom. The van der Waals surface area contributed by atoms with Gasteiger partial charge in [-0.3, -0.25) is 0 Å². The molecule has 8 nitrogen and oxygen atoms in total. The van der Waals surface area contributed by atoms with E-state index in [1.807, 2.05) is 53.3 Å². The van der Waals surface area contributed by atoms with Crippen molar-refractivity contribution in [2.75, 3.05) is 13.1 Å². The number of fused-ring (bicyclic) bond motifs is 1. The molecule has 0 spiro atoms. The zero-order valence-electron chi connectivity index (χ0n) is 17.2. The Hall–Kier alpha value is -3.01. The Morgan fingerprint density at radius 1 is 1.10 bits per heavy atom. The molecule has 3 aromatic heterocycles. The summed E-state index contributed by atoms with van der Waals surface area (Å²) < 4.78 is 31.4. The summed E-state index contributed by atoms with van der Waals surface area (Å²) in [6.45, 7) is 1.41. The molecule has 1 N–H and O–H groups in total. The summed E-state index contributed by atoms with van der Waals surface area (Å²) in [5, 5.41) is 8.08. The summed E-state index contributed by atoms with van der Waals surface area (Å²) in [5.74, 6) is 0.0431. The number of aryl methyl sites for hydroxylation is 1. The third-order valence-corrected chi connectivity index (χ3v) is 7.58. The second-order valence-electron chi connectivity index (χ2n) is 7.90. The molecule has 1 aliphatic heterocycles. The van der Waals surface area contributed by atoms with E-state index in [2.05, 4.69) is 27.5 Å². The molecule has 0 radical (unpaired) electrons. The minimum absolute atomic E-state index is 0.0282. The van der Waals surface area contributed by atoms with Crippen LogP contribution in [0.2, 0.25) is 0 Å². The van der Waals surface area contributed by atoms with E-state index >= 15 is 0 Å². The quantitative estimate of drug-likeness (QED) is 0.500. The van der Waals surface area contributed by atoms with Gasteiger partial charge in [0.25, 0.3) is 10.0 Å². The highest BCUT2D eigenvalue weighted by Crippen LogP contribution is 2.31. The monoisotopic (exact) mass is 436 g/mol. The zero-order chi connectivity index (χ0) is 21.4. The average Bonchev–Trinajstić information content (AvgIpc) is 3.51. The fourth-order valence-corrected chi connectivity index (χ4v) is 5.69. The fraction of sp³-hybridized carbons (Fsp3) is 0.273. The van der Waals surface area contributed by atoms with Gasteiger partial charge in [-0.1, -0.05) is 36.4 Å². The van der Waals surface area contributed by atoms with E-state index in [1.165, 1.54) is 6.33 Å². The van der Waals surface area contributed by atoms with Crippen LogP contribution in [0.4, 0.5) is 0 Å². The van der Waals surface area contributed by atoms with Crippen molar-refractivity contribution in [2.24, 2.45) is 7.05 Å². The van der Waals surface area contributed by atoms with E-state index in [-0.39, 0.29) is 17.0 Å². The fourth-order valence-electron chi connectivity index (χ4n) is 4.23. The van der Waals surface area contributed by atoms with Gasteiger partial charge in [0.1, 0.15) is 0 Å². The lowest BCUT2D eigenvalue weighted by atomic mass is 9.94. The average molecular weight is 437 g/mol. The number of hydrogen-bond acceptors (Lipinski definition) is 5. The summed E-state index contributed by atoms with van der Waals surface area (Å²) in [7, 11) is -1.89. The molecular weight excluding hydrogens is 412 g/mol. The largest absolute Gasteiger partial charge is 0.339 e. The minimum atomic E-state index is -3.65. The normalized spacial score (nSPS) is 19.9. The maximum atomic E-state index is 13.2. The van der Waals surface area contributed by atoms with E-state index < -0.39 is 10.0 Å². The van der Waals surface area contributed by atoms with Crippen LogP contribution in [0, 0.1) is 0 Å². The Kier molecular flexibility index (Phi) is 5.09.